The van der Waals surface area contributed by atoms with Crippen LogP contribution in [0.4, 0.5) is 0 Å². The Morgan fingerprint density at radius 2 is 1.85 bits per heavy atom. The first-order chi connectivity index (χ1) is 12.6. The fraction of sp³-hybridized carbons (Fsp3) is 0.700. The van der Waals surface area contributed by atoms with E-state index in [0.29, 0.717) is 13.2 Å². The molecule has 0 aliphatic carbocycles. The molecule has 0 aromatic heterocycles. The van der Waals surface area contributed by atoms with Crippen LogP contribution in [0.2, 0.25) is 0 Å². The first kappa shape index (κ1) is 21.3. The maximum absolute atomic E-state index is 10.8. The topological polar surface area (TPSA) is 66.4 Å². The van der Waals surface area contributed by atoms with Crippen molar-refractivity contribution >= 4 is 0 Å². The van der Waals surface area contributed by atoms with Crippen LogP contribution in [0.1, 0.15) is 32.8 Å². The van der Waals surface area contributed by atoms with E-state index < -0.39 is 30.7 Å². The molecule has 2 rings (SSSR count). The highest BCUT2D eigenvalue weighted by molar-refractivity contribution is 5.13. The normalized spacial score (nSPS) is 29.2. The minimum atomic E-state index is -0.854. The second-order valence-corrected chi connectivity index (χ2v) is 6.75. The number of aliphatic hydroxyl groups is 1. The maximum Gasteiger partial charge on any atom is 0.186 e. The van der Waals surface area contributed by atoms with Gasteiger partial charge in [-0.2, -0.15) is 0 Å². The average molecular weight is 368 g/mol. The van der Waals surface area contributed by atoms with Crippen LogP contribution in [0.15, 0.2) is 30.3 Å². The predicted molar refractivity (Wildman–Crippen MR) is 97.8 cm³/mol. The first-order valence-electron chi connectivity index (χ1n) is 9.31. The smallest absolute Gasteiger partial charge is 0.186 e. The van der Waals surface area contributed by atoms with Gasteiger partial charge in [-0.05, 0) is 25.8 Å². The lowest BCUT2D eigenvalue weighted by atomic mass is 9.98. The molecule has 26 heavy (non-hydrogen) atoms. The number of hydrogen-bond acceptors (Lipinski definition) is 6. The lowest BCUT2D eigenvalue weighted by Gasteiger charge is -2.43. The van der Waals surface area contributed by atoms with Gasteiger partial charge in [0.15, 0.2) is 6.29 Å². The van der Waals surface area contributed by atoms with Crippen molar-refractivity contribution in [3.05, 3.63) is 35.9 Å². The van der Waals surface area contributed by atoms with Gasteiger partial charge in [-0.1, -0.05) is 37.3 Å². The molecule has 1 unspecified atom stereocenters. The molecule has 5 atom stereocenters. The van der Waals surface area contributed by atoms with Gasteiger partial charge in [0, 0.05) is 13.7 Å². The summed E-state index contributed by atoms with van der Waals surface area (Å²) < 4.78 is 29.0. The molecule has 1 fully saturated rings. The monoisotopic (exact) mass is 368 g/mol. The van der Waals surface area contributed by atoms with Crippen molar-refractivity contribution in [3.63, 3.8) is 0 Å². The number of aliphatic hydroxyl groups excluding tert-OH is 1. The molecule has 0 amide bonds. The molecule has 1 saturated heterocycles. The van der Waals surface area contributed by atoms with Crippen molar-refractivity contribution in [1.82, 2.24) is 0 Å². The van der Waals surface area contributed by atoms with Crippen molar-refractivity contribution in [2.45, 2.75) is 70.6 Å². The zero-order chi connectivity index (χ0) is 18.9. The summed E-state index contributed by atoms with van der Waals surface area (Å²) in [6.07, 6.45) is -2.19. The number of rotatable bonds is 10. The van der Waals surface area contributed by atoms with E-state index in [9.17, 15) is 5.11 Å². The molecular weight excluding hydrogens is 336 g/mol. The Balaban J connectivity index is 2.08. The Morgan fingerprint density at radius 1 is 1.12 bits per heavy atom. The van der Waals surface area contributed by atoms with E-state index in [-0.39, 0.29) is 12.7 Å². The van der Waals surface area contributed by atoms with Crippen LogP contribution < -0.4 is 0 Å². The molecule has 148 valence electrons. The largest absolute Gasteiger partial charge is 0.387 e. The molecule has 0 radical (unpaired) electrons. The molecule has 0 saturated carbocycles. The molecule has 0 bridgehead atoms. The van der Waals surface area contributed by atoms with Crippen molar-refractivity contribution in [2.24, 2.45) is 0 Å². The van der Waals surface area contributed by atoms with Crippen LogP contribution in [-0.4, -0.2) is 62.2 Å². The van der Waals surface area contributed by atoms with Gasteiger partial charge in [0.2, 0.25) is 0 Å². The molecule has 1 aromatic carbocycles. The van der Waals surface area contributed by atoms with Crippen LogP contribution in [0.5, 0.6) is 0 Å². The quantitative estimate of drug-likeness (QED) is 0.685. The molecule has 1 aliphatic rings. The lowest BCUT2D eigenvalue weighted by molar-refractivity contribution is -0.314. The van der Waals surface area contributed by atoms with Crippen molar-refractivity contribution in [3.8, 4) is 0 Å². The van der Waals surface area contributed by atoms with Crippen molar-refractivity contribution < 1.29 is 28.8 Å². The second kappa shape index (κ2) is 11.0. The minimum Gasteiger partial charge on any atom is -0.387 e. The molecule has 0 spiro atoms. The van der Waals surface area contributed by atoms with E-state index in [1.54, 1.807) is 7.11 Å². The van der Waals surface area contributed by atoms with E-state index in [1.807, 2.05) is 51.1 Å². The summed E-state index contributed by atoms with van der Waals surface area (Å²) in [5.74, 6) is 0. The van der Waals surface area contributed by atoms with Gasteiger partial charge < -0.3 is 28.8 Å². The van der Waals surface area contributed by atoms with Crippen LogP contribution in [0, 0.1) is 0 Å². The highest BCUT2D eigenvalue weighted by atomic mass is 16.7. The standard InChI is InChI=1S/C20H32O6/c1-5-11-23-18-17(21)16(13-24-14(2)3)26-20(22-4)19(18)25-12-15-9-7-6-8-10-15/h6-10,14,16-21H,5,11-13H2,1-4H3/t16-,17-,18+,19-,20?/m1/s1. The molecule has 6 heteroatoms. The fourth-order valence-corrected chi connectivity index (χ4v) is 2.89. The Hall–Kier alpha value is -1.02. The Labute approximate surface area is 156 Å². The number of methoxy groups -OCH3 is 1. The molecule has 1 N–H and O–H groups in total. The van der Waals surface area contributed by atoms with Gasteiger partial charge in [0.1, 0.15) is 24.4 Å². The second-order valence-electron chi connectivity index (χ2n) is 6.75. The summed E-state index contributed by atoms with van der Waals surface area (Å²) in [5.41, 5.74) is 1.04. The number of hydrogen-bond donors (Lipinski definition) is 1. The zero-order valence-electron chi connectivity index (χ0n) is 16.2. The minimum absolute atomic E-state index is 0.0499. The van der Waals surface area contributed by atoms with E-state index in [4.69, 9.17) is 23.7 Å². The fourth-order valence-electron chi connectivity index (χ4n) is 2.89. The molecule has 1 heterocycles. The van der Waals surface area contributed by atoms with Gasteiger partial charge in [0.25, 0.3) is 0 Å². The highest BCUT2D eigenvalue weighted by Crippen LogP contribution is 2.28. The lowest BCUT2D eigenvalue weighted by Crippen LogP contribution is -2.61. The van der Waals surface area contributed by atoms with E-state index >= 15 is 0 Å². The first-order valence-corrected chi connectivity index (χ1v) is 9.31. The maximum atomic E-state index is 10.8. The molecule has 1 aromatic rings. The predicted octanol–water partition coefficient (Wildman–Crippen LogP) is 2.52. The Morgan fingerprint density at radius 3 is 2.46 bits per heavy atom. The Kier molecular flexibility index (Phi) is 8.98. The van der Waals surface area contributed by atoms with Gasteiger partial charge >= 0.3 is 0 Å². The molecule has 1 aliphatic heterocycles. The number of benzene rings is 1. The SMILES string of the molecule is CCCO[C@H]1[C@H](O)[C@@H](COC(C)C)OC(OC)[C@@H]1OCc1ccccc1. The highest BCUT2D eigenvalue weighted by Gasteiger charge is 2.47. The van der Waals surface area contributed by atoms with Gasteiger partial charge in [-0.25, -0.2) is 0 Å². The zero-order valence-corrected chi connectivity index (χ0v) is 16.2. The van der Waals surface area contributed by atoms with Gasteiger partial charge in [-0.3, -0.25) is 0 Å². The van der Waals surface area contributed by atoms with E-state index in [1.165, 1.54) is 0 Å². The van der Waals surface area contributed by atoms with Crippen LogP contribution in [-0.2, 0) is 30.3 Å². The molecule has 6 nitrogen and oxygen atoms in total. The van der Waals surface area contributed by atoms with Crippen molar-refractivity contribution in [2.75, 3.05) is 20.3 Å². The van der Waals surface area contributed by atoms with Gasteiger partial charge in [-0.15, -0.1) is 0 Å². The van der Waals surface area contributed by atoms with Crippen LogP contribution in [0.3, 0.4) is 0 Å². The van der Waals surface area contributed by atoms with E-state index in [2.05, 4.69) is 0 Å². The summed E-state index contributed by atoms with van der Waals surface area (Å²) in [7, 11) is 1.57. The summed E-state index contributed by atoms with van der Waals surface area (Å²) in [6, 6.07) is 9.86. The van der Waals surface area contributed by atoms with Crippen LogP contribution >= 0.6 is 0 Å². The van der Waals surface area contributed by atoms with Crippen molar-refractivity contribution in [1.29, 1.82) is 0 Å². The third-order valence-corrected chi connectivity index (χ3v) is 4.24. The summed E-state index contributed by atoms with van der Waals surface area (Å²) in [4.78, 5) is 0. The van der Waals surface area contributed by atoms with Crippen LogP contribution in [0.25, 0.3) is 0 Å². The summed E-state index contributed by atoms with van der Waals surface area (Å²) in [5, 5.41) is 10.8. The van der Waals surface area contributed by atoms with Gasteiger partial charge in [0.05, 0.1) is 19.3 Å². The number of ether oxygens (including phenoxy) is 5. The average Bonchev–Trinajstić information content (AvgIpc) is 2.65. The third kappa shape index (κ3) is 6.01. The summed E-state index contributed by atoms with van der Waals surface area (Å²) >= 11 is 0. The van der Waals surface area contributed by atoms with E-state index in [0.717, 1.165) is 12.0 Å². The summed E-state index contributed by atoms with van der Waals surface area (Å²) in [6.45, 7) is 7.11. The Bertz CT molecular complexity index is 494. The third-order valence-electron chi connectivity index (χ3n) is 4.24. The molecular formula is C20H32O6.